The van der Waals surface area contributed by atoms with Crippen LogP contribution in [0.2, 0.25) is 0 Å². The monoisotopic (exact) mass is 349 g/mol. The van der Waals surface area contributed by atoms with Crippen LogP contribution in [0.4, 0.5) is 5.82 Å². The molecule has 0 bridgehead atoms. The smallest absolute Gasteiger partial charge is 0.246 e. The number of carbonyl (C=O) groups excluding carboxylic acids is 2. The summed E-state index contributed by atoms with van der Waals surface area (Å²) in [6.07, 6.45) is 6.50. The van der Waals surface area contributed by atoms with Crippen LogP contribution in [-0.4, -0.2) is 34.8 Å². The lowest BCUT2D eigenvalue weighted by Crippen LogP contribution is -2.40. The number of hydrogen-bond donors (Lipinski definition) is 1. The fourth-order valence-corrected chi connectivity index (χ4v) is 2.97. The highest BCUT2D eigenvalue weighted by Gasteiger charge is 2.26. The van der Waals surface area contributed by atoms with Gasteiger partial charge in [-0.25, -0.2) is 4.98 Å². The highest BCUT2D eigenvalue weighted by molar-refractivity contribution is 5.93. The zero-order chi connectivity index (χ0) is 18.4. The van der Waals surface area contributed by atoms with E-state index >= 15 is 0 Å². The Balaban J connectivity index is 1.49. The van der Waals surface area contributed by atoms with Gasteiger partial charge in [-0.1, -0.05) is 36.4 Å². The molecule has 0 radical (unpaired) electrons. The number of anilines is 1. The average molecular weight is 349 g/mol. The van der Waals surface area contributed by atoms with Gasteiger partial charge in [-0.2, -0.15) is 0 Å². The normalized spacial score (nSPS) is 15.2. The van der Waals surface area contributed by atoms with Crippen molar-refractivity contribution in [3.8, 4) is 0 Å². The lowest BCUT2D eigenvalue weighted by molar-refractivity contribution is -0.130. The van der Waals surface area contributed by atoms with Gasteiger partial charge in [-0.3, -0.25) is 9.59 Å². The summed E-state index contributed by atoms with van der Waals surface area (Å²) in [5.41, 5.74) is 2.05. The third-order valence-electron chi connectivity index (χ3n) is 4.56. The topological polar surface area (TPSA) is 62.3 Å². The van der Waals surface area contributed by atoms with E-state index in [1.807, 2.05) is 49.4 Å². The zero-order valence-corrected chi connectivity index (χ0v) is 14.9. The van der Waals surface area contributed by atoms with Gasteiger partial charge in [0.25, 0.3) is 0 Å². The second-order valence-corrected chi connectivity index (χ2v) is 6.55. The number of hydrogen-bond acceptors (Lipinski definition) is 3. The Bertz CT molecular complexity index is 777. The number of carbonyl (C=O) groups is 2. The molecule has 5 heteroatoms. The highest BCUT2D eigenvalue weighted by Crippen LogP contribution is 2.19. The third-order valence-corrected chi connectivity index (χ3v) is 4.56. The minimum Gasteiger partial charge on any atom is -0.339 e. The van der Waals surface area contributed by atoms with Crippen molar-refractivity contribution in [1.29, 1.82) is 0 Å². The maximum atomic E-state index is 12.4. The number of likely N-dealkylation sites (tertiary alicyclic amines) is 1. The molecule has 2 heterocycles. The molecule has 1 fully saturated rings. The Labute approximate surface area is 153 Å². The number of aromatic nitrogens is 1. The molecule has 0 atom stereocenters. The first-order valence-corrected chi connectivity index (χ1v) is 8.87. The average Bonchev–Trinajstić information content (AvgIpc) is 2.69. The van der Waals surface area contributed by atoms with Crippen molar-refractivity contribution in [2.75, 3.05) is 18.4 Å². The molecule has 1 aliphatic rings. The first-order valence-electron chi connectivity index (χ1n) is 8.87. The van der Waals surface area contributed by atoms with Crippen molar-refractivity contribution in [2.24, 2.45) is 5.92 Å². The molecule has 26 heavy (non-hydrogen) atoms. The summed E-state index contributed by atoms with van der Waals surface area (Å²) < 4.78 is 0. The van der Waals surface area contributed by atoms with Gasteiger partial charge < -0.3 is 10.2 Å². The molecule has 2 aromatic rings. The predicted molar refractivity (Wildman–Crippen MR) is 102 cm³/mol. The lowest BCUT2D eigenvalue weighted by atomic mass is 9.96. The van der Waals surface area contributed by atoms with Gasteiger partial charge in [0.15, 0.2) is 0 Å². The van der Waals surface area contributed by atoms with Gasteiger partial charge in [-0.15, -0.1) is 0 Å². The van der Waals surface area contributed by atoms with Crippen LogP contribution < -0.4 is 5.32 Å². The molecule has 1 saturated heterocycles. The van der Waals surface area contributed by atoms with Crippen molar-refractivity contribution < 1.29 is 9.59 Å². The fourth-order valence-electron chi connectivity index (χ4n) is 2.97. The summed E-state index contributed by atoms with van der Waals surface area (Å²) >= 11 is 0. The standard InChI is InChI=1S/C21H23N3O2/c1-16-7-9-19(22-15-16)23-21(26)18-11-13-24(14-12-18)20(25)10-8-17-5-3-2-4-6-17/h2-10,15,18H,11-14H2,1H3,(H,22,23,26). The van der Waals surface area contributed by atoms with Crippen LogP contribution in [0.1, 0.15) is 24.0 Å². The third kappa shape index (κ3) is 4.79. The molecule has 0 aliphatic carbocycles. The summed E-state index contributed by atoms with van der Waals surface area (Å²) in [4.78, 5) is 30.7. The molecule has 1 aromatic carbocycles. The molecule has 1 aliphatic heterocycles. The molecule has 5 nitrogen and oxygen atoms in total. The number of amides is 2. The van der Waals surface area contributed by atoms with Gasteiger partial charge in [0.1, 0.15) is 5.82 Å². The molecule has 134 valence electrons. The van der Waals surface area contributed by atoms with Crippen LogP contribution in [0.25, 0.3) is 6.08 Å². The van der Waals surface area contributed by atoms with E-state index in [1.54, 1.807) is 23.2 Å². The number of nitrogens with one attached hydrogen (secondary N) is 1. The maximum absolute atomic E-state index is 12.4. The number of nitrogens with zero attached hydrogens (tertiary/aromatic N) is 2. The van der Waals surface area contributed by atoms with Crippen molar-refractivity contribution in [3.63, 3.8) is 0 Å². The van der Waals surface area contributed by atoms with Gasteiger partial charge in [0, 0.05) is 31.3 Å². The predicted octanol–water partition coefficient (Wildman–Crippen LogP) is 3.28. The summed E-state index contributed by atoms with van der Waals surface area (Å²) in [5, 5.41) is 2.86. The molecule has 0 spiro atoms. The number of rotatable bonds is 4. The minimum absolute atomic E-state index is 0.00656. The SMILES string of the molecule is Cc1ccc(NC(=O)C2CCN(C(=O)C=Cc3ccccc3)CC2)nc1. The second-order valence-electron chi connectivity index (χ2n) is 6.55. The van der Waals surface area contributed by atoms with Crippen molar-refractivity contribution >= 4 is 23.7 Å². The lowest BCUT2D eigenvalue weighted by Gasteiger charge is -2.30. The first-order chi connectivity index (χ1) is 12.6. The Morgan fingerprint density at radius 1 is 1.12 bits per heavy atom. The van der Waals surface area contributed by atoms with Crippen molar-refractivity contribution in [1.82, 2.24) is 9.88 Å². The van der Waals surface area contributed by atoms with E-state index < -0.39 is 0 Å². The number of aryl methyl sites for hydroxylation is 1. The summed E-state index contributed by atoms with van der Waals surface area (Å²) in [6, 6.07) is 13.5. The second kappa shape index (κ2) is 8.43. The van der Waals surface area contributed by atoms with Crippen LogP contribution >= 0.6 is 0 Å². The van der Waals surface area contributed by atoms with E-state index in [0.717, 1.165) is 11.1 Å². The molecule has 3 rings (SSSR count). The summed E-state index contributed by atoms with van der Waals surface area (Å²) in [7, 11) is 0. The van der Waals surface area contributed by atoms with Crippen molar-refractivity contribution in [2.45, 2.75) is 19.8 Å². The maximum Gasteiger partial charge on any atom is 0.246 e. The van der Waals surface area contributed by atoms with Gasteiger partial charge in [-0.05, 0) is 43.0 Å². The highest BCUT2D eigenvalue weighted by atomic mass is 16.2. The number of piperidine rings is 1. The van der Waals surface area contributed by atoms with Crippen LogP contribution in [0.15, 0.2) is 54.7 Å². The van der Waals surface area contributed by atoms with Crippen LogP contribution in [0.5, 0.6) is 0 Å². The first kappa shape index (κ1) is 17.9. The van der Waals surface area contributed by atoms with E-state index in [9.17, 15) is 9.59 Å². The Hall–Kier alpha value is -2.95. The van der Waals surface area contributed by atoms with Gasteiger partial charge >= 0.3 is 0 Å². The fraction of sp³-hybridized carbons (Fsp3) is 0.286. The van der Waals surface area contributed by atoms with Crippen LogP contribution in [0.3, 0.4) is 0 Å². The quantitative estimate of drug-likeness (QED) is 0.862. The Kier molecular flexibility index (Phi) is 5.79. The number of benzene rings is 1. The molecular weight excluding hydrogens is 326 g/mol. The molecule has 1 aromatic heterocycles. The van der Waals surface area contributed by atoms with Crippen molar-refractivity contribution in [3.05, 3.63) is 65.9 Å². The molecule has 2 amide bonds. The molecular formula is C21H23N3O2. The largest absolute Gasteiger partial charge is 0.339 e. The molecule has 0 unspecified atom stereocenters. The number of pyridine rings is 1. The Morgan fingerprint density at radius 3 is 2.50 bits per heavy atom. The van der Waals surface area contributed by atoms with E-state index in [4.69, 9.17) is 0 Å². The van der Waals surface area contributed by atoms with Crippen LogP contribution in [0, 0.1) is 12.8 Å². The summed E-state index contributed by atoms with van der Waals surface area (Å²) in [6.45, 7) is 3.15. The molecule has 0 saturated carbocycles. The van der Waals surface area contributed by atoms with Crippen LogP contribution in [-0.2, 0) is 9.59 Å². The van der Waals surface area contributed by atoms with Gasteiger partial charge in [0.2, 0.25) is 11.8 Å². The molecule has 1 N–H and O–H groups in total. The Morgan fingerprint density at radius 2 is 1.85 bits per heavy atom. The summed E-state index contributed by atoms with van der Waals surface area (Å²) in [5.74, 6) is 0.464. The van der Waals surface area contributed by atoms with E-state index in [0.29, 0.717) is 31.7 Å². The van der Waals surface area contributed by atoms with Gasteiger partial charge in [0.05, 0.1) is 0 Å². The van der Waals surface area contributed by atoms with E-state index in [-0.39, 0.29) is 17.7 Å². The van der Waals surface area contributed by atoms with E-state index in [2.05, 4.69) is 10.3 Å². The zero-order valence-electron chi connectivity index (χ0n) is 14.9. The minimum atomic E-state index is -0.0831. The van der Waals surface area contributed by atoms with E-state index in [1.165, 1.54) is 0 Å².